The van der Waals surface area contributed by atoms with E-state index in [1.54, 1.807) is 32.4 Å². The molecule has 0 spiro atoms. The summed E-state index contributed by atoms with van der Waals surface area (Å²) in [5.41, 5.74) is 2.80. The molecule has 29 heavy (non-hydrogen) atoms. The van der Waals surface area contributed by atoms with Gasteiger partial charge in [0, 0.05) is 37.8 Å². The van der Waals surface area contributed by atoms with Gasteiger partial charge in [0.05, 0.1) is 20.3 Å². The fourth-order valence-corrected chi connectivity index (χ4v) is 3.60. The molecule has 1 atom stereocenters. The van der Waals surface area contributed by atoms with Crippen LogP contribution in [0.15, 0.2) is 42.5 Å². The molecule has 0 aromatic heterocycles. The van der Waals surface area contributed by atoms with Gasteiger partial charge in [-0.1, -0.05) is 31.2 Å². The van der Waals surface area contributed by atoms with Crippen LogP contribution in [0.1, 0.15) is 34.5 Å². The fraction of sp³-hybridized carbons (Fsp3) is 0.391. The molecule has 0 radical (unpaired) electrons. The van der Waals surface area contributed by atoms with Crippen molar-refractivity contribution in [2.45, 2.75) is 19.4 Å². The minimum atomic E-state index is -0.296. The summed E-state index contributed by atoms with van der Waals surface area (Å²) in [5, 5.41) is 9.73. The number of hydrogen-bond donors (Lipinski definition) is 0. The van der Waals surface area contributed by atoms with Gasteiger partial charge in [0.2, 0.25) is 0 Å². The van der Waals surface area contributed by atoms with Gasteiger partial charge in [0.15, 0.2) is 0 Å². The lowest BCUT2D eigenvalue weighted by molar-refractivity contribution is 0.0605. The van der Waals surface area contributed by atoms with Crippen molar-refractivity contribution >= 4 is 5.91 Å². The van der Waals surface area contributed by atoms with E-state index in [4.69, 9.17) is 9.47 Å². The van der Waals surface area contributed by atoms with Crippen molar-refractivity contribution < 1.29 is 14.3 Å². The molecule has 1 fully saturated rings. The molecule has 1 aliphatic rings. The minimum absolute atomic E-state index is 0.0531. The van der Waals surface area contributed by atoms with Crippen molar-refractivity contribution in [1.82, 2.24) is 9.80 Å². The highest BCUT2D eigenvalue weighted by atomic mass is 16.5. The fourth-order valence-electron chi connectivity index (χ4n) is 3.60. The first-order valence-corrected chi connectivity index (χ1v) is 9.84. The standard InChI is InChI=1S/C23H27N3O3/c1-4-17-5-7-18(8-6-17)22(16-24)25-9-11-26(12-10-25)23(27)19-13-20(28-2)15-21(14-19)29-3/h5-8,13-15,22H,4,9-12H2,1-3H3. The third kappa shape index (κ3) is 4.69. The molecule has 6 heteroatoms. The van der Waals surface area contributed by atoms with Gasteiger partial charge in [-0.3, -0.25) is 9.69 Å². The van der Waals surface area contributed by atoms with Crippen molar-refractivity contribution in [3.63, 3.8) is 0 Å². The van der Waals surface area contributed by atoms with Crippen LogP contribution in [-0.4, -0.2) is 56.1 Å². The average molecular weight is 393 g/mol. The van der Waals surface area contributed by atoms with Gasteiger partial charge in [-0.25, -0.2) is 0 Å². The highest BCUT2D eigenvalue weighted by Crippen LogP contribution is 2.25. The molecular weight excluding hydrogens is 366 g/mol. The Morgan fingerprint density at radius 3 is 2.10 bits per heavy atom. The molecule has 1 saturated heterocycles. The van der Waals surface area contributed by atoms with Crippen LogP contribution < -0.4 is 9.47 Å². The predicted octanol–water partition coefficient (Wildman–Crippen LogP) is 3.29. The molecule has 0 N–H and O–H groups in total. The van der Waals surface area contributed by atoms with E-state index in [0.717, 1.165) is 12.0 Å². The molecule has 1 unspecified atom stereocenters. The van der Waals surface area contributed by atoms with Crippen molar-refractivity contribution in [1.29, 1.82) is 5.26 Å². The number of piperazine rings is 1. The van der Waals surface area contributed by atoms with Gasteiger partial charge in [-0.2, -0.15) is 5.26 Å². The van der Waals surface area contributed by atoms with E-state index in [-0.39, 0.29) is 11.9 Å². The van der Waals surface area contributed by atoms with Crippen molar-refractivity contribution in [3.8, 4) is 17.6 Å². The van der Waals surface area contributed by atoms with Crippen LogP contribution in [0.5, 0.6) is 11.5 Å². The van der Waals surface area contributed by atoms with Crippen LogP contribution >= 0.6 is 0 Å². The number of ether oxygens (including phenoxy) is 2. The van der Waals surface area contributed by atoms with Gasteiger partial charge in [-0.15, -0.1) is 0 Å². The smallest absolute Gasteiger partial charge is 0.254 e. The Morgan fingerprint density at radius 1 is 1.03 bits per heavy atom. The first-order valence-electron chi connectivity index (χ1n) is 9.84. The molecular formula is C23H27N3O3. The van der Waals surface area contributed by atoms with Crippen molar-refractivity contribution in [2.24, 2.45) is 0 Å². The minimum Gasteiger partial charge on any atom is -0.497 e. The lowest BCUT2D eigenvalue weighted by Gasteiger charge is -2.37. The monoisotopic (exact) mass is 393 g/mol. The summed E-state index contributed by atoms with van der Waals surface area (Å²) in [6, 6.07) is 15.6. The predicted molar refractivity (Wildman–Crippen MR) is 111 cm³/mol. The van der Waals surface area contributed by atoms with Gasteiger partial charge in [0.1, 0.15) is 17.5 Å². The Labute approximate surface area is 172 Å². The SMILES string of the molecule is CCc1ccc(C(C#N)N2CCN(C(=O)c3cc(OC)cc(OC)c3)CC2)cc1. The molecule has 2 aromatic rings. The third-order valence-corrected chi connectivity index (χ3v) is 5.39. The van der Waals surface area contributed by atoms with Crippen LogP contribution in [-0.2, 0) is 6.42 Å². The molecule has 0 bridgehead atoms. The van der Waals surface area contributed by atoms with Gasteiger partial charge in [-0.05, 0) is 29.7 Å². The second kappa shape index (κ2) is 9.44. The molecule has 1 aliphatic heterocycles. The summed E-state index contributed by atoms with van der Waals surface area (Å²) in [7, 11) is 3.13. The van der Waals surface area contributed by atoms with Crippen molar-refractivity contribution in [3.05, 3.63) is 59.2 Å². The molecule has 6 nitrogen and oxygen atoms in total. The van der Waals surface area contributed by atoms with Crippen LogP contribution in [0.3, 0.4) is 0 Å². The van der Waals surface area contributed by atoms with Crippen LogP contribution in [0, 0.1) is 11.3 Å². The first-order chi connectivity index (χ1) is 14.1. The van der Waals surface area contributed by atoms with E-state index < -0.39 is 0 Å². The van der Waals surface area contributed by atoms with Crippen LogP contribution in [0.2, 0.25) is 0 Å². The second-order valence-electron chi connectivity index (χ2n) is 7.06. The van der Waals surface area contributed by atoms with Crippen molar-refractivity contribution in [2.75, 3.05) is 40.4 Å². The van der Waals surface area contributed by atoms with E-state index >= 15 is 0 Å². The number of amides is 1. The normalized spacial score (nSPS) is 15.4. The van der Waals surface area contributed by atoms with E-state index in [0.29, 0.717) is 43.2 Å². The number of carbonyl (C=O) groups is 1. The maximum absolute atomic E-state index is 13.0. The van der Waals surface area contributed by atoms with E-state index in [9.17, 15) is 10.1 Å². The number of hydrogen-bond acceptors (Lipinski definition) is 5. The molecule has 1 amide bonds. The number of carbonyl (C=O) groups excluding carboxylic acids is 1. The Bertz CT molecular complexity index is 859. The number of nitrogens with zero attached hydrogens (tertiary/aromatic N) is 3. The van der Waals surface area contributed by atoms with Crippen LogP contribution in [0.4, 0.5) is 0 Å². The summed E-state index contributed by atoms with van der Waals surface area (Å²) in [6.07, 6.45) is 0.980. The molecule has 1 heterocycles. The lowest BCUT2D eigenvalue weighted by atomic mass is 10.0. The maximum atomic E-state index is 13.0. The zero-order valence-corrected chi connectivity index (χ0v) is 17.2. The molecule has 0 saturated carbocycles. The topological polar surface area (TPSA) is 65.8 Å². The summed E-state index contributed by atoms with van der Waals surface area (Å²) in [6.45, 7) is 4.57. The largest absolute Gasteiger partial charge is 0.497 e. The summed E-state index contributed by atoms with van der Waals surface area (Å²) >= 11 is 0. The Balaban J connectivity index is 1.67. The summed E-state index contributed by atoms with van der Waals surface area (Å²) in [4.78, 5) is 16.9. The number of nitriles is 1. The summed E-state index contributed by atoms with van der Waals surface area (Å²) in [5.74, 6) is 1.13. The highest BCUT2D eigenvalue weighted by molar-refractivity contribution is 5.95. The maximum Gasteiger partial charge on any atom is 0.254 e. The molecule has 0 aliphatic carbocycles. The average Bonchev–Trinajstić information content (AvgIpc) is 2.79. The lowest BCUT2D eigenvalue weighted by Crippen LogP contribution is -2.49. The Kier molecular flexibility index (Phi) is 6.73. The highest BCUT2D eigenvalue weighted by Gasteiger charge is 2.28. The van der Waals surface area contributed by atoms with Gasteiger partial charge < -0.3 is 14.4 Å². The van der Waals surface area contributed by atoms with E-state index in [1.807, 2.05) is 17.0 Å². The van der Waals surface area contributed by atoms with Gasteiger partial charge in [0.25, 0.3) is 5.91 Å². The summed E-state index contributed by atoms with van der Waals surface area (Å²) < 4.78 is 10.5. The van der Waals surface area contributed by atoms with E-state index in [2.05, 4.69) is 30.0 Å². The second-order valence-corrected chi connectivity index (χ2v) is 7.06. The molecule has 3 rings (SSSR count). The third-order valence-electron chi connectivity index (χ3n) is 5.39. The number of rotatable bonds is 6. The quantitative estimate of drug-likeness (QED) is 0.753. The molecule has 152 valence electrons. The number of methoxy groups -OCH3 is 2. The Morgan fingerprint density at radius 2 is 1.62 bits per heavy atom. The molecule has 2 aromatic carbocycles. The zero-order chi connectivity index (χ0) is 20.8. The van der Waals surface area contributed by atoms with Crippen LogP contribution in [0.25, 0.3) is 0 Å². The Hall–Kier alpha value is -3.04. The van der Waals surface area contributed by atoms with E-state index in [1.165, 1.54) is 5.56 Å². The first kappa shape index (κ1) is 20.7. The number of aryl methyl sites for hydroxylation is 1. The number of benzene rings is 2. The zero-order valence-electron chi connectivity index (χ0n) is 17.2. The van der Waals surface area contributed by atoms with Gasteiger partial charge >= 0.3 is 0 Å².